The summed E-state index contributed by atoms with van der Waals surface area (Å²) in [4.78, 5) is 8.61. The van der Waals surface area contributed by atoms with E-state index in [0.29, 0.717) is 6.01 Å². The van der Waals surface area contributed by atoms with E-state index in [1.165, 1.54) is 0 Å². The van der Waals surface area contributed by atoms with Crippen molar-refractivity contribution in [2.75, 3.05) is 7.11 Å². The topological polar surface area (TPSA) is 65.7 Å². The maximum Gasteiger partial charge on any atom is 0.316 e. The summed E-state index contributed by atoms with van der Waals surface area (Å²) in [7, 11) is 1.57. The lowest BCUT2D eigenvalue weighted by atomic mass is 9.97. The van der Waals surface area contributed by atoms with Crippen LogP contribution in [0, 0.1) is 0 Å². The van der Waals surface area contributed by atoms with Crippen LogP contribution in [0.15, 0.2) is 6.20 Å². The predicted molar refractivity (Wildman–Crippen MR) is 65.4 cm³/mol. The monoisotopic (exact) mass is 245 g/mol. The highest BCUT2D eigenvalue weighted by molar-refractivity contribution is 5.64. The normalized spacial score (nSPS) is 13.3. The van der Waals surface area contributed by atoms with Crippen LogP contribution in [0.2, 0.25) is 0 Å². The number of ether oxygens (including phenoxy) is 1. The molecule has 3 rings (SSSR count). The molecule has 0 aliphatic heterocycles. The van der Waals surface area contributed by atoms with Crippen LogP contribution in [0.3, 0.4) is 0 Å². The first kappa shape index (κ1) is 11.1. The summed E-state index contributed by atoms with van der Waals surface area (Å²) in [5, 5.41) is 8.46. The number of rotatable bonds is 2. The minimum Gasteiger partial charge on any atom is -0.467 e. The van der Waals surface area contributed by atoms with Crippen molar-refractivity contribution in [2.45, 2.75) is 32.7 Å². The Hall–Kier alpha value is -1.98. The molecular formula is C12H15N5O. The van der Waals surface area contributed by atoms with Crippen LogP contribution in [0.25, 0.3) is 11.4 Å². The number of fused-ring (bicyclic) bond motifs is 3. The van der Waals surface area contributed by atoms with Gasteiger partial charge in [0.05, 0.1) is 12.8 Å². The van der Waals surface area contributed by atoms with E-state index in [4.69, 9.17) is 4.74 Å². The van der Waals surface area contributed by atoms with Gasteiger partial charge in [-0.25, -0.2) is 9.67 Å². The molecule has 0 bridgehead atoms. The van der Waals surface area contributed by atoms with Gasteiger partial charge in [0.25, 0.3) is 0 Å². The van der Waals surface area contributed by atoms with Crippen molar-refractivity contribution in [3.05, 3.63) is 17.5 Å². The molecule has 6 nitrogen and oxygen atoms in total. The molecule has 2 heterocycles. The summed E-state index contributed by atoms with van der Waals surface area (Å²) < 4.78 is 7.02. The van der Waals surface area contributed by atoms with Crippen molar-refractivity contribution in [1.29, 1.82) is 0 Å². The van der Waals surface area contributed by atoms with Crippen LogP contribution >= 0.6 is 0 Å². The molecule has 0 radical (unpaired) electrons. The summed E-state index contributed by atoms with van der Waals surface area (Å²) >= 11 is 0. The molecule has 1 aliphatic rings. The zero-order chi connectivity index (χ0) is 12.7. The minimum atomic E-state index is 0.258. The van der Waals surface area contributed by atoms with Gasteiger partial charge in [0.15, 0.2) is 0 Å². The fraction of sp³-hybridized carbons (Fsp3) is 0.500. The van der Waals surface area contributed by atoms with Crippen molar-refractivity contribution in [3.63, 3.8) is 0 Å². The maximum absolute atomic E-state index is 5.10. The van der Waals surface area contributed by atoms with E-state index in [0.717, 1.165) is 35.5 Å². The van der Waals surface area contributed by atoms with Gasteiger partial charge in [0.2, 0.25) is 0 Å². The van der Waals surface area contributed by atoms with Gasteiger partial charge in [-0.2, -0.15) is 4.98 Å². The van der Waals surface area contributed by atoms with Gasteiger partial charge < -0.3 is 4.74 Å². The molecule has 2 aromatic rings. The lowest BCUT2D eigenvalue weighted by Gasteiger charge is -2.17. The molecule has 1 aliphatic carbocycles. The quantitative estimate of drug-likeness (QED) is 0.800. The zero-order valence-corrected chi connectivity index (χ0v) is 10.7. The molecule has 0 aromatic carbocycles. The summed E-state index contributed by atoms with van der Waals surface area (Å²) in [5.41, 5.74) is 4.05. The van der Waals surface area contributed by atoms with Gasteiger partial charge >= 0.3 is 6.01 Å². The number of aromatic nitrogens is 5. The second-order valence-corrected chi connectivity index (χ2v) is 4.65. The smallest absolute Gasteiger partial charge is 0.316 e. The third-order valence-corrected chi connectivity index (χ3v) is 3.13. The van der Waals surface area contributed by atoms with Gasteiger partial charge in [0.1, 0.15) is 11.4 Å². The first-order chi connectivity index (χ1) is 8.70. The highest BCUT2D eigenvalue weighted by atomic mass is 16.5. The van der Waals surface area contributed by atoms with E-state index >= 15 is 0 Å². The van der Waals surface area contributed by atoms with E-state index < -0.39 is 0 Å². The summed E-state index contributed by atoms with van der Waals surface area (Å²) in [6.45, 7) is 4.17. The van der Waals surface area contributed by atoms with E-state index in [-0.39, 0.29) is 6.04 Å². The third kappa shape index (κ3) is 1.56. The lowest BCUT2D eigenvalue weighted by molar-refractivity contribution is 0.379. The van der Waals surface area contributed by atoms with E-state index in [2.05, 4.69) is 34.1 Å². The molecule has 2 aromatic heterocycles. The van der Waals surface area contributed by atoms with Gasteiger partial charge in [-0.3, -0.25) is 0 Å². The van der Waals surface area contributed by atoms with Crippen LogP contribution in [-0.2, 0) is 12.8 Å². The summed E-state index contributed by atoms with van der Waals surface area (Å²) in [5.74, 6) is 0. The molecule has 0 amide bonds. The average Bonchev–Trinajstić information content (AvgIpc) is 2.82. The van der Waals surface area contributed by atoms with Gasteiger partial charge in [-0.05, 0) is 32.3 Å². The Morgan fingerprint density at radius 1 is 1.33 bits per heavy atom. The van der Waals surface area contributed by atoms with Crippen molar-refractivity contribution in [2.24, 2.45) is 0 Å². The average molecular weight is 245 g/mol. The van der Waals surface area contributed by atoms with Crippen molar-refractivity contribution in [1.82, 2.24) is 25.0 Å². The first-order valence-electron chi connectivity index (χ1n) is 6.05. The zero-order valence-electron chi connectivity index (χ0n) is 10.7. The Morgan fingerprint density at radius 3 is 2.89 bits per heavy atom. The molecule has 0 N–H and O–H groups in total. The maximum atomic E-state index is 5.10. The Morgan fingerprint density at radius 2 is 2.17 bits per heavy atom. The van der Waals surface area contributed by atoms with Crippen LogP contribution < -0.4 is 4.74 Å². The molecule has 0 spiro atoms. The summed E-state index contributed by atoms with van der Waals surface area (Å²) in [6.07, 6.45) is 3.63. The van der Waals surface area contributed by atoms with Gasteiger partial charge in [-0.15, -0.1) is 5.10 Å². The Balaban J connectivity index is 2.22. The molecule has 94 valence electrons. The molecule has 0 fully saturated rings. The van der Waals surface area contributed by atoms with Crippen molar-refractivity contribution < 1.29 is 4.74 Å². The number of hydrogen-bond donors (Lipinski definition) is 0. The van der Waals surface area contributed by atoms with Crippen LogP contribution in [0.1, 0.15) is 31.1 Å². The fourth-order valence-corrected chi connectivity index (χ4v) is 2.23. The number of methoxy groups -OCH3 is 1. The van der Waals surface area contributed by atoms with Gasteiger partial charge in [-0.1, -0.05) is 5.21 Å². The third-order valence-electron chi connectivity index (χ3n) is 3.13. The van der Waals surface area contributed by atoms with Crippen LogP contribution in [0.4, 0.5) is 0 Å². The minimum absolute atomic E-state index is 0.258. The lowest BCUT2D eigenvalue weighted by Crippen LogP contribution is -2.12. The van der Waals surface area contributed by atoms with E-state index in [9.17, 15) is 0 Å². The summed E-state index contributed by atoms with van der Waals surface area (Å²) in [6, 6.07) is 0.645. The fourth-order valence-electron chi connectivity index (χ4n) is 2.23. The Bertz CT molecular complexity index is 590. The van der Waals surface area contributed by atoms with Gasteiger partial charge in [0, 0.05) is 12.2 Å². The number of aryl methyl sites for hydroxylation is 2. The molecule has 0 saturated heterocycles. The molecule has 6 heteroatoms. The van der Waals surface area contributed by atoms with Crippen LogP contribution in [0.5, 0.6) is 6.01 Å². The van der Waals surface area contributed by atoms with Crippen LogP contribution in [-0.4, -0.2) is 32.1 Å². The molecule has 18 heavy (non-hydrogen) atoms. The molecular weight excluding hydrogens is 230 g/mol. The Kier molecular flexibility index (Phi) is 2.50. The molecule has 0 saturated carbocycles. The van der Waals surface area contributed by atoms with Crippen molar-refractivity contribution >= 4 is 0 Å². The van der Waals surface area contributed by atoms with E-state index in [1.54, 1.807) is 7.11 Å². The molecule has 0 unspecified atom stereocenters. The van der Waals surface area contributed by atoms with Crippen molar-refractivity contribution in [3.8, 4) is 17.4 Å². The predicted octanol–water partition coefficient (Wildman–Crippen LogP) is 1.42. The highest BCUT2D eigenvalue weighted by Gasteiger charge is 2.25. The largest absolute Gasteiger partial charge is 0.467 e. The first-order valence-corrected chi connectivity index (χ1v) is 6.05. The standard InChI is InChI=1S/C12H15N5O/c1-7(2)17-11-9(15-16-17)5-4-8-6-13-12(18-3)14-10(8)11/h6-7H,4-5H2,1-3H3. The highest BCUT2D eigenvalue weighted by Crippen LogP contribution is 2.32. The SMILES string of the molecule is COc1ncc2c(n1)-c1c(nnn1C(C)C)CC2. The second-order valence-electron chi connectivity index (χ2n) is 4.65. The molecule has 0 atom stereocenters. The van der Waals surface area contributed by atoms with E-state index in [1.807, 2.05) is 10.9 Å². The number of nitrogens with zero attached hydrogens (tertiary/aromatic N) is 5. The number of hydrogen-bond acceptors (Lipinski definition) is 5. The Labute approximate surface area is 105 Å². The second kappa shape index (κ2) is 4.04.